The van der Waals surface area contributed by atoms with Crippen LogP contribution in [0.5, 0.6) is 0 Å². The zero-order chi connectivity index (χ0) is 16.3. The molecule has 6 nitrogen and oxygen atoms in total. The average Bonchev–Trinajstić information content (AvgIpc) is 3.04. The largest absolute Gasteiger partial charge is 0.388 e. The Hall–Kier alpha value is -0.830. The van der Waals surface area contributed by atoms with Crippen molar-refractivity contribution < 1.29 is 5.11 Å². The van der Waals surface area contributed by atoms with E-state index in [-0.39, 0.29) is 24.0 Å². The number of aliphatic imine (C=N–C) groups is 1. The number of imidazole rings is 1. The summed E-state index contributed by atoms with van der Waals surface area (Å²) in [6.07, 6.45) is 9.81. The van der Waals surface area contributed by atoms with E-state index >= 15 is 0 Å². The summed E-state index contributed by atoms with van der Waals surface area (Å²) in [6.45, 7) is 7.70. The van der Waals surface area contributed by atoms with Crippen LogP contribution in [0.1, 0.15) is 45.6 Å². The van der Waals surface area contributed by atoms with E-state index in [2.05, 4.69) is 33.6 Å². The minimum absolute atomic E-state index is 0. The standard InChI is InChI=1S/C17H29N5O.HI/c1-3-19-16(20-12-17(23)6-4-7-17)21-9-5-14(2)15(11-21)22-10-8-18-13-22;/h8,10,13-15,23H,3-7,9,11-12H2,1-2H3,(H,19,20);1H. The first-order chi connectivity index (χ1) is 11.1. The molecule has 7 heteroatoms. The molecule has 2 unspecified atom stereocenters. The fraction of sp³-hybridized carbons (Fsp3) is 0.765. The van der Waals surface area contributed by atoms with Crippen molar-refractivity contribution in [3.63, 3.8) is 0 Å². The second-order valence-corrected chi connectivity index (χ2v) is 7.04. The number of nitrogens with one attached hydrogen (secondary N) is 1. The molecule has 3 rings (SSSR count). The lowest BCUT2D eigenvalue weighted by Crippen LogP contribution is -2.50. The molecule has 24 heavy (non-hydrogen) atoms. The first kappa shape index (κ1) is 19.5. The van der Waals surface area contributed by atoms with E-state index in [1.54, 1.807) is 0 Å². The number of aliphatic hydroxyl groups is 1. The van der Waals surface area contributed by atoms with Crippen LogP contribution in [-0.2, 0) is 0 Å². The molecule has 0 amide bonds. The maximum absolute atomic E-state index is 10.3. The monoisotopic (exact) mass is 447 g/mol. The van der Waals surface area contributed by atoms with Crippen LogP contribution in [0.15, 0.2) is 23.7 Å². The fourth-order valence-electron chi connectivity index (χ4n) is 3.49. The van der Waals surface area contributed by atoms with Crippen LogP contribution in [0.4, 0.5) is 0 Å². The van der Waals surface area contributed by atoms with Crippen LogP contribution >= 0.6 is 24.0 Å². The number of hydrogen-bond donors (Lipinski definition) is 2. The Labute approximate surface area is 161 Å². The van der Waals surface area contributed by atoms with Crippen LogP contribution in [0, 0.1) is 5.92 Å². The summed E-state index contributed by atoms with van der Waals surface area (Å²) in [6, 6.07) is 0.418. The molecule has 136 valence electrons. The van der Waals surface area contributed by atoms with E-state index in [1.807, 2.05) is 18.7 Å². The number of piperidine rings is 1. The fourth-order valence-corrected chi connectivity index (χ4v) is 3.49. The molecule has 0 radical (unpaired) electrons. The van der Waals surface area contributed by atoms with E-state index in [0.29, 0.717) is 18.5 Å². The molecule has 1 aliphatic heterocycles. The topological polar surface area (TPSA) is 65.7 Å². The Morgan fingerprint density at radius 3 is 2.83 bits per heavy atom. The number of nitrogens with zero attached hydrogens (tertiary/aromatic N) is 4. The van der Waals surface area contributed by atoms with Gasteiger partial charge in [0.05, 0.1) is 24.5 Å². The van der Waals surface area contributed by atoms with Crippen molar-refractivity contribution in [2.75, 3.05) is 26.2 Å². The van der Waals surface area contributed by atoms with Gasteiger partial charge in [0.25, 0.3) is 0 Å². The molecule has 1 aromatic rings. The summed E-state index contributed by atoms with van der Waals surface area (Å²) in [5.74, 6) is 1.56. The summed E-state index contributed by atoms with van der Waals surface area (Å²) in [4.78, 5) is 11.2. The third-order valence-electron chi connectivity index (χ3n) is 5.27. The Kier molecular flexibility index (Phi) is 6.91. The van der Waals surface area contributed by atoms with Crippen molar-refractivity contribution in [2.45, 2.75) is 51.2 Å². The highest BCUT2D eigenvalue weighted by Gasteiger charge is 2.35. The number of aromatic nitrogens is 2. The predicted molar refractivity (Wildman–Crippen MR) is 107 cm³/mol. The van der Waals surface area contributed by atoms with Crippen LogP contribution in [0.2, 0.25) is 0 Å². The summed E-state index contributed by atoms with van der Waals surface area (Å²) in [5, 5.41) is 13.7. The maximum atomic E-state index is 10.3. The van der Waals surface area contributed by atoms with Gasteiger partial charge < -0.3 is 19.9 Å². The summed E-state index contributed by atoms with van der Waals surface area (Å²) in [7, 11) is 0. The molecule has 2 aliphatic rings. The predicted octanol–water partition coefficient (Wildman–Crippen LogP) is 2.26. The van der Waals surface area contributed by atoms with Gasteiger partial charge in [-0.3, -0.25) is 4.99 Å². The third-order valence-corrected chi connectivity index (χ3v) is 5.27. The molecule has 0 aromatic carbocycles. The van der Waals surface area contributed by atoms with E-state index in [9.17, 15) is 5.11 Å². The Bertz CT molecular complexity index is 529. The first-order valence-corrected chi connectivity index (χ1v) is 8.84. The van der Waals surface area contributed by atoms with E-state index in [0.717, 1.165) is 51.3 Å². The summed E-state index contributed by atoms with van der Waals surface area (Å²) >= 11 is 0. The van der Waals surface area contributed by atoms with Crippen molar-refractivity contribution in [1.82, 2.24) is 19.8 Å². The molecule has 0 spiro atoms. The number of rotatable bonds is 4. The van der Waals surface area contributed by atoms with Gasteiger partial charge in [-0.25, -0.2) is 4.98 Å². The van der Waals surface area contributed by atoms with Crippen LogP contribution in [0.3, 0.4) is 0 Å². The van der Waals surface area contributed by atoms with Crippen molar-refractivity contribution in [1.29, 1.82) is 0 Å². The molecular weight excluding hydrogens is 417 g/mol. The molecule has 1 saturated carbocycles. The Balaban J connectivity index is 0.00000208. The number of guanidine groups is 1. The number of halogens is 1. The quantitative estimate of drug-likeness (QED) is 0.422. The van der Waals surface area contributed by atoms with Gasteiger partial charge in [-0.05, 0) is 38.5 Å². The van der Waals surface area contributed by atoms with Gasteiger partial charge >= 0.3 is 0 Å². The van der Waals surface area contributed by atoms with Gasteiger partial charge in [0.1, 0.15) is 0 Å². The van der Waals surface area contributed by atoms with Gasteiger partial charge in [-0.2, -0.15) is 0 Å². The Morgan fingerprint density at radius 2 is 2.25 bits per heavy atom. The molecular formula is C17H30IN5O. The van der Waals surface area contributed by atoms with Crippen molar-refractivity contribution in [2.24, 2.45) is 10.9 Å². The summed E-state index contributed by atoms with van der Waals surface area (Å²) < 4.78 is 2.21. The lowest BCUT2D eigenvalue weighted by molar-refractivity contribution is -0.0238. The van der Waals surface area contributed by atoms with E-state index in [4.69, 9.17) is 4.99 Å². The normalized spacial score (nSPS) is 26.5. The molecule has 2 atom stereocenters. The maximum Gasteiger partial charge on any atom is 0.194 e. The van der Waals surface area contributed by atoms with Crippen LogP contribution < -0.4 is 5.32 Å². The highest BCUT2D eigenvalue weighted by molar-refractivity contribution is 14.0. The molecule has 1 aromatic heterocycles. The van der Waals surface area contributed by atoms with Crippen molar-refractivity contribution in [3.05, 3.63) is 18.7 Å². The molecule has 1 saturated heterocycles. The molecule has 2 N–H and O–H groups in total. The molecule has 0 bridgehead atoms. The van der Waals surface area contributed by atoms with Gasteiger partial charge in [-0.15, -0.1) is 24.0 Å². The van der Waals surface area contributed by atoms with Gasteiger partial charge in [0.2, 0.25) is 0 Å². The highest BCUT2D eigenvalue weighted by atomic mass is 127. The SMILES string of the molecule is CCNC(=NCC1(O)CCC1)N1CCC(C)C(n2ccnc2)C1.I. The lowest BCUT2D eigenvalue weighted by Gasteiger charge is -2.40. The first-order valence-electron chi connectivity index (χ1n) is 8.84. The minimum Gasteiger partial charge on any atom is -0.388 e. The molecule has 2 fully saturated rings. The van der Waals surface area contributed by atoms with Crippen molar-refractivity contribution >= 4 is 29.9 Å². The van der Waals surface area contributed by atoms with E-state index < -0.39 is 5.60 Å². The second-order valence-electron chi connectivity index (χ2n) is 7.04. The van der Waals surface area contributed by atoms with Crippen LogP contribution in [0.25, 0.3) is 0 Å². The molecule has 1 aliphatic carbocycles. The van der Waals surface area contributed by atoms with Gasteiger partial charge in [0.15, 0.2) is 5.96 Å². The molecule has 2 heterocycles. The second kappa shape index (κ2) is 8.51. The summed E-state index contributed by atoms with van der Waals surface area (Å²) in [5.41, 5.74) is -0.562. The van der Waals surface area contributed by atoms with Gasteiger partial charge in [-0.1, -0.05) is 6.92 Å². The lowest BCUT2D eigenvalue weighted by atomic mass is 9.80. The Morgan fingerprint density at radius 1 is 1.46 bits per heavy atom. The van der Waals surface area contributed by atoms with Gasteiger partial charge in [0, 0.05) is 32.0 Å². The number of likely N-dealkylation sites (tertiary alicyclic amines) is 1. The minimum atomic E-state index is -0.562. The van der Waals surface area contributed by atoms with Crippen molar-refractivity contribution in [3.8, 4) is 0 Å². The zero-order valence-corrected chi connectivity index (χ0v) is 17.0. The smallest absolute Gasteiger partial charge is 0.194 e. The third kappa shape index (κ3) is 4.41. The highest BCUT2D eigenvalue weighted by Crippen LogP contribution is 2.32. The average molecular weight is 447 g/mol. The number of hydrogen-bond acceptors (Lipinski definition) is 3. The van der Waals surface area contributed by atoms with E-state index in [1.165, 1.54) is 0 Å². The van der Waals surface area contributed by atoms with Crippen LogP contribution in [-0.4, -0.2) is 57.3 Å². The zero-order valence-electron chi connectivity index (χ0n) is 14.7.